The molecule has 27 heteroatoms. The lowest BCUT2D eigenvalue weighted by molar-refractivity contribution is -0.146. The van der Waals surface area contributed by atoms with Crippen molar-refractivity contribution < 1.29 is 94.4 Å². The van der Waals surface area contributed by atoms with Crippen LogP contribution in [0.25, 0.3) is 21.8 Å². The van der Waals surface area contributed by atoms with Gasteiger partial charge in [-0.1, -0.05) is 72.8 Å². The van der Waals surface area contributed by atoms with Crippen molar-refractivity contribution in [2.45, 2.75) is 104 Å². The highest BCUT2D eigenvalue weighted by Gasteiger charge is 2.34. The molecule has 3 aliphatic rings. The van der Waals surface area contributed by atoms with Crippen LogP contribution in [-0.4, -0.2) is 155 Å². The van der Waals surface area contributed by atoms with E-state index < -0.39 is 119 Å². The van der Waals surface area contributed by atoms with E-state index in [4.69, 9.17) is 51.5 Å². The number of H-pyrrole nitrogens is 2. The van der Waals surface area contributed by atoms with Crippen LogP contribution in [0.5, 0.6) is 23.0 Å². The minimum atomic E-state index is -4.56. The van der Waals surface area contributed by atoms with Crippen LogP contribution in [0.15, 0.2) is 122 Å². The fraction of sp³-hybridized carbons (Fsp3) is 0.360. The van der Waals surface area contributed by atoms with Gasteiger partial charge in [-0.3, -0.25) is 32.7 Å². The Bertz CT molecular complexity index is 4090. The summed E-state index contributed by atoms with van der Waals surface area (Å²) in [5, 5.41) is 13.4. The van der Waals surface area contributed by atoms with Gasteiger partial charge in [-0.15, -0.1) is 0 Å². The third-order valence-corrected chi connectivity index (χ3v) is 18.4. The molecule has 0 spiro atoms. The number of carbonyl (C=O) groups is 8. The van der Waals surface area contributed by atoms with E-state index in [1.54, 1.807) is 76.5 Å². The van der Waals surface area contributed by atoms with Crippen LogP contribution >= 0.6 is 7.82 Å². The summed E-state index contributed by atoms with van der Waals surface area (Å²) in [5.41, 5.74) is 5.99. The number of hydrogen-bond acceptors (Lipinski definition) is 20. The van der Waals surface area contributed by atoms with Crippen molar-refractivity contribution in [2.75, 3.05) is 73.2 Å². The average Bonchev–Trinajstić information content (AvgIpc) is 0.893. The first-order chi connectivity index (χ1) is 49.2. The van der Waals surface area contributed by atoms with Gasteiger partial charge in [-0.05, 0) is 146 Å². The summed E-state index contributed by atoms with van der Waals surface area (Å²) < 4.78 is 79.8. The van der Waals surface area contributed by atoms with Crippen molar-refractivity contribution in [1.29, 1.82) is 0 Å². The van der Waals surface area contributed by atoms with Gasteiger partial charge in [0, 0.05) is 78.1 Å². The summed E-state index contributed by atoms with van der Waals surface area (Å²) in [7, 11) is -3.42. The number of carbonyl (C=O) groups excluding carboxylic acids is 8. The summed E-state index contributed by atoms with van der Waals surface area (Å²) in [6.07, 6.45) is 3.20. The van der Waals surface area contributed by atoms with Gasteiger partial charge in [-0.25, -0.2) is 23.7 Å². The summed E-state index contributed by atoms with van der Waals surface area (Å²) in [6, 6.07) is 27.1. The molecule has 0 saturated heterocycles. The first-order valence-corrected chi connectivity index (χ1v) is 35.2. The highest BCUT2D eigenvalue weighted by molar-refractivity contribution is 7.48. The number of aromatic nitrogens is 2. The van der Waals surface area contributed by atoms with Crippen LogP contribution in [0.1, 0.15) is 118 Å². The molecule has 4 heterocycles. The number of ether oxygens (including phenoxy) is 8. The monoisotopic (exact) mass is 1420 g/mol. The Hall–Kier alpha value is -10.5. The quantitative estimate of drug-likeness (QED) is 0.0170. The molecule has 4 atom stereocenters. The molecule has 1 aliphatic carbocycles. The summed E-state index contributed by atoms with van der Waals surface area (Å²) in [6.45, 7) is 6.39. The molecular formula is C75H83N6O20P. The first kappa shape index (κ1) is 74.2. The molecule has 0 radical (unpaired) electrons. The van der Waals surface area contributed by atoms with Crippen molar-refractivity contribution in [2.24, 2.45) is 0 Å². The predicted molar refractivity (Wildman–Crippen MR) is 374 cm³/mol. The predicted octanol–water partition coefficient (Wildman–Crippen LogP) is 8.59. The Morgan fingerprint density at radius 2 is 0.755 bits per heavy atom. The lowest BCUT2D eigenvalue weighted by atomic mass is 9.89. The molecule has 10 bridgehead atoms. The number of benzene rings is 6. The van der Waals surface area contributed by atoms with Gasteiger partial charge in [-0.2, -0.15) is 0 Å². The van der Waals surface area contributed by atoms with Crippen molar-refractivity contribution in [3.63, 3.8) is 0 Å². The Kier molecular flexibility index (Phi) is 25.2. The molecule has 538 valence electrons. The Morgan fingerprint density at radius 3 is 1.07 bits per heavy atom. The van der Waals surface area contributed by atoms with Gasteiger partial charge in [0.1, 0.15) is 35.1 Å². The lowest BCUT2D eigenvalue weighted by Gasteiger charge is -2.26. The Labute approximate surface area is 589 Å². The maximum absolute atomic E-state index is 15.2. The van der Waals surface area contributed by atoms with Crippen LogP contribution < -0.4 is 40.2 Å². The second kappa shape index (κ2) is 34.7. The molecule has 0 fully saturated rings. The van der Waals surface area contributed by atoms with E-state index in [0.717, 1.165) is 40.0 Å². The second-order valence-corrected chi connectivity index (χ2v) is 26.1. The highest BCUT2D eigenvalue weighted by atomic mass is 31.2. The number of fused-ring (bicyclic) bond motifs is 18. The molecule has 102 heavy (non-hydrogen) atoms. The van der Waals surface area contributed by atoms with E-state index in [1.165, 1.54) is 38.1 Å². The van der Waals surface area contributed by atoms with Gasteiger partial charge in [0.15, 0.2) is 26.4 Å². The van der Waals surface area contributed by atoms with Crippen molar-refractivity contribution in [3.8, 4) is 23.0 Å². The van der Waals surface area contributed by atoms with E-state index in [-0.39, 0.29) is 99.1 Å². The zero-order valence-electron chi connectivity index (χ0n) is 57.8. The van der Waals surface area contributed by atoms with Crippen LogP contribution in [0.2, 0.25) is 0 Å². The fourth-order valence-corrected chi connectivity index (χ4v) is 13.3. The number of hydrogen-bond donors (Lipinski definition) is 6. The topological polar surface area (TPSA) is 335 Å². The molecule has 8 aromatic rings. The van der Waals surface area contributed by atoms with Crippen LogP contribution in [-0.2, 0) is 104 Å². The number of rotatable bonds is 21. The van der Waals surface area contributed by atoms with Gasteiger partial charge < -0.3 is 69.1 Å². The smallest absolute Gasteiger partial charge is 0.474 e. The molecule has 6 N–H and O–H groups in total. The molecule has 0 saturated carbocycles. The summed E-state index contributed by atoms with van der Waals surface area (Å²) >= 11 is 0. The average molecular weight is 1420 g/mol. The highest BCUT2D eigenvalue weighted by Crippen LogP contribution is 2.49. The van der Waals surface area contributed by atoms with E-state index in [1.807, 2.05) is 48.5 Å². The molecule has 11 rings (SSSR count). The zero-order chi connectivity index (χ0) is 72.5. The number of esters is 4. The molecule has 26 nitrogen and oxygen atoms in total. The number of aromatic amines is 2. The SMILES string of the molecule is CCOC(=O)COc1c2cccc1Cc1cc3cc(c1OCC(=O)OCC)Cc1cccc(c1OCC(=O)OCC)Cc1cc(cc(c1OCC(=O)OCC)C2)C(=O)N[C@@H](C)C(=O)N[C@@H](Cc1c[nH]c2ccccc12)COP(=O)(OC)OC[C@H](Cc1c[nH]c2ccccc12)NC(=O)[C@H](C)NC3=O. The molecule has 2 aliphatic heterocycles. The maximum atomic E-state index is 15.2. The van der Waals surface area contributed by atoms with E-state index in [2.05, 4.69) is 31.2 Å². The fourth-order valence-electron chi connectivity index (χ4n) is 12.3. The molecule has 0 unspecified atom stereocenters. The van der Waals surface area contributed by atoms with Gasteiger partial charge >= 0.3 is 31.7 Å². The lowest BCUT2D eigenvalue weighted by Crippen LogP contribution is -2.50. The summed E-state index contributed by atoms with van der Waals surface area (Å²) in [4.78, 5) is 120. The van der Waals surface area contributed by atoms with Crippen LogP contribution in [0, 0.1) is 0 Å². The maximum Gasteiger partial charge on any atom is 0.474 e. The van der Waals surface area contributed by atoms with Crippen molar-refractivity contribution in [1.82, 2.24) is 31.2 Å². The first-order valence-electron chi connectivity index (χ1n) is 33.7. The number of para-hydroxylation sites is 4. The minimum absolute atomic E-state index is 0.0160. The Morgan fingerprint density at radius 1 is 0.441 bits per heavy atom. The second-order valence-electron chi connectivity index (χ2n) is 24.3. The van der Waals surface area contributed by atoms with Crippen molar-refractivity contribution >= 4 is 77.1 Å². The number of phosphoric acid groups is 1. The molecule has 4 amide bonds. The number of nitrogens with one attached hydrogen (secondary N) is 6. The zero-order valence-corrected chi connectivity index (χ0v) is 58.7. The normalized spacial score (nSPS) is 18.3. The summed E-state index contributed by atoms with van der Waals surface area (Å²) in [5.74, 6) is -5.12. The number of phosphoric ester groups is 1. The molecule has 2 aromatic heterocycles. The number of amides is 4. The van der Waals surface area contributed by atoms with Gasteiger partial charge in [0.2, 0.25) is 11.8 Å². The Balaban J connectivity index is 1.18. The molecular weight excluding hydrogens is 1340 g/mol. The van der Waals surface area contributed by atoms with Crippen LogP contribution in [0.4, 0.5) is 0 Å². The molecule has 6 aromatic carbocycles. The van der Waals surface area contributed by atoms with E-state index in [9.17, 15) is 33.3 Å². The standard InChI is InChI=1S/C75H83N6O20P/c1-8-92-64(82)40-96-68-46-18-16-19-47(68)27-51-31-55-33-53(71(51)99-43-67(85)95-11-4)29-49-21-17-20-48(69(49)97-41-65(83)93-9-2)28-52-32-54(30-50(26-46)70(52)98-42-66(84)94-10-3)74(88)78-44(5)72(86)80-58(34-56-36-76-62-24-14-12-22-60(56)62)38-100-102(90,91-7)101-39-59(81-73(87)45(6)79-75(55)89)35-57-37-77-63-25-15-13-23-61(57)63/h12-25,30-33,36-37,44-45,58-59,76-77H,8-11,26-29,34-35,38-43H2,1-7H3,(H,78,88)(H,79,89)(H,80,86)(H,81,87)/t44-,45-,58-,59-/m0/s1. The largest absolute Gasteiger partial charge is 0.481 e. The van der Waals surface area contributed by atoms with Gasteiger partial charge in [0.05, 0.1) is 51.7 Å². The van der Waals surface area contributed by atoms with E-state index >= 15 is 9.59 Å². The minimum Gasteiger partial charge on any atom is -0.481 e. The van der Waals surface area contributed by atoms with Crippen molar-refractivity contribution in [3.05, 3.63) is 188 Å². The van der Waals surface area contributed by atoms with E-state index in [0.29, 0.717) is 44.5 Å². The van der Waals surface area contributed by atoms with Crippen LogP contribution in [0.3, 0.4) is 0 Å². The third kappa shape index (κ3) is 18.9. The third-order valence-electron chi connectivity index (χ3n) is 17.0. The van der Waals surface area contributed by atoms with Gasteiger partial charge in [0.25, 0.3) is 11.8 Å².